The second kappa shape index (κ2) is 8.66. The predicted molar refractivity (Wildman–Crippen MR) is 79.8 cm³/mol. The van der Waals surface area contributed by atoms with Gasteiger partial charge in [0.1, 0.15) is 0 Å². The Hall–Kier alpha value is -1.46. The highest BCUT2D eigenvalue weighted by Gasteiger charge is 2.16. The summed E-state index contributed by atoms with van der Waals surface area (Å²) in [6.07, 6.45) is 1.96. The molecule has 0 saturated heterocycles. The van der Waals surface area contributed by atoms with Crippen molar-refractivity contribution >= 4 is 5.69 Å². The summed E-state index contributed by atoms with van der Waals surface area (Å²) in [4.78, 5) is 10.5. The largest absolute Gasteiger partial charge is 0.380 e. The van der Waals surface area contributed by atoms with Crippen LogP contribution >= 0.6 is 0 Å². The molecular formula is C15H24N2O3. The van der Waals surface area contributed by atoms with Gasteiger partial charge >= 0.3 is 0 Å². The number of hydrogen-bond donors (Lipinski definition) is 1. The zero-order valence-corrected chi connectivity index (χ0v) is 12.5. The van der Waals surface area contributed by atoms with E-state index in [1.807, 2.05) is 13.0 Å². The fraction of sp³-hybridized carbons (Fsp3) is 0.600. The fourth-order valence-corrected chi connectivity index (χ4v) is 2.18. The average Bonchev–Trinajstić information content (AvgIpc) is 2.44. The summed E-state index contributed by atoms with van der Waals surface area (Å²) in [6, 6.07) is 7.19. The number of benzene rings is 1. The first-order valence-electron chi connectivity index (χ1n) is 7.16. The lowest BCUT2D eigenvalue weighted by Crippen LogP contribution is -2.34. The predicted octanol–water partition coefficient (Wildman–Crippen LogP) is 3.45. The van der Waals surface area contributed by atoms with Gasteiger partial charge in [-0.15, -0.1) is 0 Å². The van der Waals surface area contributed by atoms with Crippen LogP contribution in [0.2, 0.25) is 0 Å². The molecule has 1 aromatic carbocycles. The fourth-order valence-electron chi connectivity index (χ4n) is 2.18. The second-order valence-electron chi connectivity index (χ2n) is 4.92. The Balaban J connectivity index is 2.79. The third kappa shape index (κ3) is 5.27. The van der Waals surface area contributed by atoms with E-state index in [0.29, 0.717) is 13.2 Å². The number of nitro benzene ring substituents is 1. The molecule has 0 heterocycles. The molecule has 5 nitrogen and oxygen atoms in total. The number of nitrogens with one attached hydrogen (secondary N) is 1. The lowest BCUT2D eigenvalue weighted by Gasteiger charge is -2.23. The molecule has 0 radical (unpaired) electrons. The average molecular weight is 280 g/mol. The van der Waals surface area contributed by atoms with Gasteiger partial charge in [-0.05, 0) is 25.8 Å². The molecule has 1 N–H and O–H groups in total. The summed E-state index contributed by atoms with van der Waals surface area (Å²) in [5.74, 6) is 0. The van der Waals surface area contributed by atoms with E-state index in [1.54, 1.807) is 12.1 Å². The number of hydrogen-bond acceptors (Lipinski definition) is 4. The van der Waals surface area contributed by atoms with Crippen LogP contribution in [0.3, 0.4) is 0 Å². The van der Waals surface area contributed by atoms with E-state index in [1.165, 1.54) is 6.07 Å². The van der Waals surface area contributed by atoms with Gasteiger partial charge in [0, 0.05) is 30.8 Å². The Morgan fingerprint density at radius 1 is 1.40 bits per heavy atom. The van der Waals surface area contributed by atoms with Crippen molar-refractivity contribution in [2.24, 2.45) is 0 Å². The van der Waals surface area contributed by atoms with Crippen molar-refractivity contribution in [1.82, 2.24) is 5.32 Å². The minimum absolute atomic E-state index is 0.121. The first-order valence-corrected chi connectivity index (χ1v) is 7.16. The molecule has 112 valence electrons. The van der Waals surface area contributed by atoms with Crippen LogP contribution < -0.4 is 5.32 Å². The van der Waals surface area contributed by atoms with Crippen LogP contribution in [0.4, 0.5) is 5.69 Å². The summed E-state index contributed by atoms with van der Waals surface area (Å²) < 4.78 is 5.40. The Labute approximate surface area is 120 Å². The molecule has 0 aliphatic heterocycles. The molecule has 0 fully saturated rings. The minimum Gasteiger partial charge on any atom is -0.380 e. The highest BCUT2D eigenvalue weighted by molar-refractivity contribution is 5.35. The first-order chi connectivity index (χ1) is 9.58. The molecule has 5 heteroatoms. The molecule has 20 heavy (non-hydrogen) atoms. The zero-order valence-electron chi connectivity index (χ0n) is 12.5. The summed E-state index contributed by atoms with van der Waals surface area (Å²) >= 11 is 0. The summed E-state index contributed by atoms with van der Waals surface area (Å²) in [5, 5.41) is 14.3. The van der Waals surface area contributed by atoms with Crippen molar-refractivity contribution in [2.45, 2.75) is 45.7 Å². The summed E-state index contributed by atoms with van der Waals surface area (Å²) in [6.45, 7) is 7.48. The van der Waals surface area contributed by atoms with Crippen molar-refractivity contribution in [1.29, 1.82) is 0 Å². The molecular weight excluding hydrogens is 256 g/mol. The molecule has 0 bridgehead atoms. The quantitative estimate of drug-likeness (QED) is 0.556. The van der Waals surface area contributed by atoms with E-state index >= 15 is 0 Å². The van der Waals surface area contributed by atoms with Crippen LogP contribution in [-0.2, 0) is 4.74 Å². The van der Waals surface area contributed by atoms with Gasteiger partial charge in [-0.1, -0.05) is 25.5 Å². The topological polar surface area (TPSA) is 64.4 Å². The van der Waals surface area contributed by atoms with Gasteiger partial charge < -0.3 is 10.1 Å². The number of rotatable bonds is 9. The SMILES string of the molecule is CCCC(NC(C)COCC)c1cccc([N+](=O)[O-])c1. The van der Waals surface area contributed by atoms with E-state index in [-0.39, 0.29) is 22.7 Å². The van der Waals surface area contributed by atoms with Gasteiger partial charge in [-0.2, -0.15) is 0 Å². The van der Waals surface area contributed by atoms with Crippen LogP contribution in [0.25, 0.3) is 0 Å². The molecule has 0 aromatic heterocycles. The van der Waals surface area contributed by atoms with Gasteiger partial charge in [-0.3, -0.25) is 10.1 Å². The van der Waals surface area contributed by atoms with Gasteiger partial charge in [0.2, 0.25) is 0 Å². The maximum absolute atomic E-state index is 10.9. The Kier molecular flexibility index (Phi) is 7.18. The standard InChI is InChI=1S/C15H24N2O3/c1-4-7-15(16-12(3)11-20-5-2)13-8-6-9-14(10-13)17(18)19/h6,8-10,12,15-16H,4-5,7,11H2,1-3H3. The highest BCUT2D eigenvalue weighted by Crippen LogP contribution is 2.23. The number of nitrogens with zero attached hydrogens (tertiary/aromatic N) is 1. The first kappa shape index (κ1) is 16.6. The maximum atomic E-state index is 10.9. The molecule has 0 amide bonds. The number of non-ortho nitro benzene ring substituents is 1. The molecule has 0 aliphatic carbocycles. The van der Waals surface area contributed by atoms with E-state index in [4.69, 9.17) is 4.74 Å². The Bertz CT molecular complexity index is 423. The lowest BCUT2D eigenvalue weighted by atomic mass is 10.0. The molecule has 2 unspecified atom stereocenters. The Morgan fingerprint density at radius 2 is 2.15 bits per heavy atom. The molecule has 2 atom stereocenters. The molecule has 0 aliphatic rings. The van der Waals surface area contributed by atoms with Crippen LogP contribution in [0, 0.1) is 10.1 Å². The van der Waals surface area contributed by atoms with Crippen LogP contribution in [0.15, 0.2) is 24.3 Å². The lowest BCUT2D eigenvalue weighted by molar-refractivity contribution is -0.384. The van der Waals surface area contributed by atoms with E-state index in [0.717, 1.165) is 18.4 Å². The third-order valence-corrected chi connectivity index (χ3v) is 3.12. The minimum atomic E-state index is -0.351. The second-order valence-corrected chi connectivity index (χ2v) is 4.92. The van der Waals surface area contributed by atoms with Crippen molar-refractivity contribution in [3.8, 4) is 0 Å². The monoisotopic (exact) mass is 280 g/mol. The highest BCUT2D eigenvalue weighted by atomic mass is 16.6. The van der Waals surface area contributed by atoms with Crippen LogP contribution in [-0.4, -0.2) is 24.2 Å². The third-order valence-electron chi connectivity index (χ3n) is 3.12. The smallest absolute Gasteiger partial charge is 0.269 e. The van der Waals surface area contributed by atoms with E-state index in [9.17, 15) is 10.1 Å². The van der Waals surface area contributed by atoms with E-state index < -0.39 is 0 Å². The zero-order chi connectivity index (χ0) is 15.0. The maximum Gasteiger partial charge on any atom is 0.269 e. The Morgan fingerprint density at radius 3 is 2.75 bits per heavy atom. The van der Waals surface area contributed by atoms with Crippen molar-refractivity contribution in [3.05, 3.63) is 39.9 Å². The van der Waals surface area contributed by atoms with Crippen molar-refractivity contribution < 1.29 is 9.66 Å². The normalized spacial score (nSPS) is 13.9. The molecule has 1 aromatic rings. The molecule has 0 saturated carbocycles. The van der Waals surface area contributed by atoms with Crippen molar-refractivity contribution in [3.63, 3.8) is 0 Å². The van der Waals surface area contributed by atoms with Gasteiger partial charge in [0.15, 0.2) is 0 Å². The van der Waals surface area contributed by atoms with Crippen LogP contribution in [0.5, 0.6) is 0 Å². The van der Waals surface area contributed by atoms with Gasteiger partial charge in [0.25, 0.3) is 5.69 Å². The van der Waals surface area contributed by atoms with Gasteiger partial charge in [0.05, 0.1) is 11.5 Å². The van der Waals surface area contributed by atoms with Crippen LogP contribution in [0.1, 0.15) is 45.2 Å². The number of nitro groups is 1. The van der Waals surface area contributed by atoms with E-state index in [2.05, 4.69) is 19.2 Å². The molecule has 0 spiro atoms. The summed E-state index contributed by atoms with van der Waals surface area (Å²) in [7, 11) is 0. The number of ether oxygens (including phenoxy) is 1. The molecule has 1 rings (SSSR count). The van der Waals surface area contributed by atoms with Crippen molar-refractivity contribution in [2.75, 3.05) is 13.2 Å². The summed E-state index contributed by atoms with van der Waals surface area (Å²) in [5.41, 5.74) is 1.10. The van der Waals surface area contributed by atoms with Gasteiger partial charge in [-0.25, -0.2) is 0 Å².